The van der Waals surface area contributed by atoms with Crippen molar-refractivity contribution in [1.82, 2.24) is 0 Å². The Morgan fingerprint density at radius 1 is 1.47 bits per heavy atom. The molecule has 4 heteroatoms. The summed E-state index contributed by atoms with van der Waals surface area (Å²) in [7, 11) is 0. The van der Waals surface area contributed by atoms with Crippen LogP contribution in [-0.4, -0.2) is 17.2 Å². The topological polar surface area (TPSA) is 46.5 Å². The molecule has 19 heavy (non-hydrogen) atoms. The van der Waals surface area contributed by atoms with Crippen LogP contribution in [0.1, 0.15) is 49.4 Å². The van der Waals surface area contributed by atoms with E-state index in [1.54, 1.807) is 18.2 Å². The Morgan fingerprint density at radius 2 is 2.26 bits per heavy atom. The summed E-state index contributed by atoms with van der Waals surface area (Å²) < 4.78 is 6.73. The van der Waals surface area contributed by atoms with Crippen molar-refractivity contribution in [3.63, 3.8) is 0 Å². The van der Waals surface area contributed by atoms with Crippen LogP contribution in [0.25, 0.3) is 0 Å². The van der Waals surface area contributed by atoms with Gasteiger partial charge in [0.2, 0.25) is 0 Å². The lowest BCUT2D eigenvalue weighted by Gasteiger charge is -2.29. The second-order valence-electron chi connectivity index (χ2n) is 5.13. The zero-order valence-corrected chi connectivity index (χ0v) is 12.6. The van der Waals surface area contributed by atoms with Crippen molar-refractivity contribution in [3.05, 3.63) is 28.2 Å². The van der Waals surface area contributed by atoms with Crippen molar-refractivity contribution >= 4 is 21.9 Å². The fourth-order valence-electron chi connectivity index (χ4n) is 2.63. The highest BCUT2D eigenvalue weighted by Crippen LogP contribution is 2.33. The third-order valence-corrected chi connectivity index (χ3v) is 4.40. The summed E-state index contributed by atoms with van der Waals surface area (Å²) in [5, 5.41) is 8.93. The first kappa shape index (κ1) is 14.4. The number of carboxylic acid groups (broad SMARTS) is 1. The second kappa shape index (κ2) is 6.42. The maximum Gasteiger partial charge on any atom is 0.335 e. The number of hydrogen-bond donors (Lipinski definition) is 1. The standard InChI is InChI=1S/C15H19BrO3/c1-2-10-4-3-5-12(8-10)19-14-7-6-11(15(17)18)9-13(14)16/h6-7,9-10,12H,2-5,8H2,1H3,(H,17,18). The molecule has 3 nitrogen and oxygen atoms in total. The summed E-state index contributed by atoms with van der Waals surface area (Å²) >= 11 is 3.39. The molecule has 1 saturated carbocycles. The fraction of sp³-hybridized carbons (Fsp3) is 0.533. The van der Waals surface area contributed by atoms with Crippen molar-refractivity contribution in [2.45, 2.75) is 45.1 Å². The van der Waals surface area contributed by atoms with Gasteiger partial charge in [-0.05, 0) is 59.3 Å². The monoisotopic (exact) mass is 326 g/mol. The van der Waals surface area contributed by atoms with Gasteiger partial charge in [-0.1, -0.05) is 19.8 Å². The molecule has 1 aliphatic carbocycles. The molecule has 1 N–H and O–H groups in total. The van der Waals surface area contributed by atoms with E-state index in [-0.39, 0.29) is 11.7 Å². The molecular formula is C15H19BrO3. The predicted molar refractivity (Wildman–Crippen MR) is 77.8 cm³/mol. The molecule has 1 aliphatic rings. The molecule has 0 spiro atoms. The molecule has 0 saturated heterocycles. The smallest absolute Gasteiger partial charge is 0.335 e. The maximum atomic E-state index is 10.9. The van der Waals surface area contributed by atoms with Gasteiger partial charge in [0.25, 0.3) is 0 Å². The Morgan fingerprint density at radius 3 is 2.89 bits per heavy atom. The van der Waals surface area contributed by atoms with Crippen LogP contribution in [0.4, 0.5) is 0 Å². The molecule has 0 amide bonds. The van der Waals surface area contributed by atoms with Gasteiger partial charge in [-0.15, -0.1) is 0 Å². The first-order valence-electron chi connectivity index (χ1n) is 6.79. The van der Waals surface area contributed by atoms with E-state index in [9.17, 15) is 4.79 Å². The van der Waals surface area contributed by atoms with Crippen LogP contribution in [0.3, 0.4) is 0 Å². The summed E-state index contributed by atoms with van der Waals surface area (Å²) in [6.45, 7) is 2.23. The van der Waals surface area contributed by atoms with Gasteiger partial charge in [0, 0.05) is 0 Å². The Balaban J connectivity index is 2.04. The van der Waals surface area contributed by atoms with E-state index >= 15 is 0 Å². The molecule has 104 valence electrons. The van der Waals surface area contributed by atoms with Gasteiger partial charge in [-0.25, -0.2) is 4.79 Å². The number of aromatic carboxylic acids is 1. The van der Waals surface area contributed by atoms with Gasteiger partial charge in [0.1, 0.15) is 5.75 Å². The van der Waals surface area contributed by atoms with Crippen LogP contribution >= 0.6 is 15.9 Å². The van der Waals surface area contributed by atoms with Crippen molar-refractivity contribution in [2.24, 2.45) is 5.92 Å². The zero-order chi connectivity index (χ0) is 13.8. The van der Waals surface area contributed by atoms with E-state index in [0.717, 1.165) is 24.5 Å². The van der Waals surface area contributed by atoms with E-state index < -0.39 is 5.97 Å². The van der Waals surface area contributed by atoms with Gasteiger partial charge >= 0.3 is 5.97 Å². The molecule has 0 radical (unpaired) electrons. The first-order valence-corrected chi connectivity index (χ1v) is 7.59. The predicted octanol–water partition coefficient (Wildman–Crippen LogP) is 4.49. The summed E-state index contributed by atoms with van der Waals surface area (Å²) in [5.41, 5.74) is 0.273. The average molecular weight is 327 g/mol. The molecule has 2 rings (SSSR count). The molecule has 0 aliphatic heterocycles. The molecule has 1 aromatic rings. The molecule has 0 aromatic heterocycles. The molecule has 1 aromatic carbocycles. The number of benzene rings is 1. The van der Waals surface area contributed by atoms with E-state index in [2.05, 4.69) is 22.9 Å². The van der Waals surface area contributed by atoms with Gasteiger partial charge < -0.3 is 9.84 Å². The van der Waals surface area contributed by atoms with Crippen molar-refractivity contribution < 1.29 is 14.6 Å². The largest absolute Gasteiger partial charge is 0.489 e. The number of carboxylic acids is 1. The lowest BCUT2D eigenvalue weighted by atomic mass is 9.85. The normalized spacial score (nSPS) is 23.1. The average Bonchev–Trinajstić information content (AvgIpc) is 2.41. The Labute approximate surface area is 122 Å². The van der Waals surface area contributed by atoms with Gasteiger partial charge in [-0.3, -0.25) is 0 Å². The number of halogens is 1. The summed E-state index contributed by atoms with van der Waals surface area (Å²) in [5.74, 6) is 0.582. The minimum Gasteiger partial charge on any atom is -0.489 e. The van der Waals surface area contributed by atoms with Gasteiger partial charge in [0.05, 0.1) is 16.1 Å². The van der Waals surface area contributed by atoms with Crippen molar-refractivity contribution in [1.29, 1.82) is 0 Å². The van der Waals surface area contributed by atoms with Crippen LogP contribution in [0, 0.1) is 5.92 Å². The quantitative estimate of drug-likeness (QED) is 0.886. The summed E-state index contributed by atoms with van der Waals surface area (Å²) in [6, 6.07) is 4.92. The van der Waals surface area contributed by atoms with E-state index in [4.69, 9.17) is 9.84 Å². The molecule has 1 fully saturated rings. The molecule has 2 unspecified atom stereocenters. The summed E-state index contributed by atoms with van der Waals surface area (Å²) in [4.78, 5) is 10.9. The minimum absolute atomic E-state index is 0.255. The lowest BCUT2D eigenvalue weighted by molar-refractivity contribution is 0.0696. The first-order chi connectivity index (χ1) is 9.10. The highest BCUT2D eigenvalue weighted by atomic mass is 79.9. The van der Waals surface area contributed by atoms with Crippen LogP contribution in [-0.2, 0) is 0 Å². The van der Waals surface area contributed by atoms with E-state index in [0.29, 0.717) is 4.47 Å². The van der Waals surface area contributed by atoms with Crippen molar-refractivity contribution in [2.75, 3.05) is 0 Å². The van der Waals surface area contributed by atoms with Crippen LogP contribution in [0.15, 0.2) is 22.7 Å². The van der Waals surface area contributed by atoms with E-state index in [1.807, 2.05) is 0 Å². The SMILES string of the molecule is CCC1CCCC(Oc2ccc(C(=O)O)cc2Br)C1. The third kappa shape index (κ3) is 3.72. The highest BCUT2D eigenvalue weighted by molar-refractivity contribution is 9.10. The number of ether oxygens (including phenoxy) is 1. The second-order valence-corrected chi connectivity index (χ2v) is 5.99. The van der Waals surface area contributed by atoms with Crippen LogP contribution < -0.4 is 4.74 Å². The molecule has 0 bridgehead atoms. The number of rotatable bonds is 4. The number of hydrogen-bond acceptors (Lipinski definition) is 2. The fourth-order valence-corrected chi connectivity index (χ4v) is 3.10. The molecular weight excluding hydrogens is 308 g/mol. The van der Waals surface area contributed by atoms with Gasteiger partial charge in [-0.2, -0.15) is 0 Å². The zero-order valence-electron chi connectivity index (χ0n) is 11.1. The minimum atomic E-state index is -0.920. The van der Waals surface area contributed by atoms with Gasteiger partial charge in [0.15, 0.2) is 0 Å². The molecule has 2 atom stereocenters. The van der Waals surface area contributed by atoms with Crippen molar-refractivity contribution in [3.8, 4) is 5.75 Å². The van der Waals surface area contributed by atoms with E-state index in [1.165, 1.54) is 19.3 Å². The summed E-state index contributed by atoms with van der Waals surface area (Å²) in [6.07, 6.45) is 6.17. The maximum absolute atomic E-state index is 10.9. The lowest BCUT2D eigenvalue weighted by Crippen LogP contribution is -2.25. The number of carbonyl (C=O) groups is 1. The van der Waals surface area contributed by atoms with Crippen LogP contribution in [0.5, 0.6) is 5.75 Å². The highest BCUT2D eigenvalue weighted by Gasteiger charge is 2.22. The Kier molecular flexibility index (Phi) is 4.86. The Bertz CT molecular complexity index is 459. The Hall–Kier alpha value is -1.03. The van der Waals surface area contributed by atoms with Crippen LogP contribution in [0.2, 0.25) is 0 Å². The molecule has 0 heterocycles. The third-order valence-electron chi connectivity index (χ3n) is 3.78.